The number of aromatic nitrogens is 3. The van der Waals surface area contributed by atoms with Crippen molar-refractivity contribution in [2.24, 2.45) is 0 Å². The summed E-state index contributed by atoms with van der Waals surface area (Å²) >= 11 is 6.32. The highest BCUT2D eigenvalue weighted by Gasteiger charge is 2.35. The van der Waals surface area contributed by atoms with Crippen molar-refractivity contribution in [2.75, 3.05) is 70.9 Å². The van der Waals surface area contributed by atoms with E-state index in [-0.39, 0.29) is 40.4 Å². The number of ether oxygens (including phenoxy) is 2. The summed E-state index contributed by atoms with van der Waals surface area (Å²) in [6.45, 7) is 11.7. The fourth-order valence-corrected chi connectivity index (χ4v) is 8.33. The number of hydrogen-bond donors (Lipinski definition) is 0. The zero-order valence-corrected chi connectivity index (χ0v) is 33.0. The number of benzene rings is 2. The summed E-state index contributed by atoms with van der Waals surface area (Å²) < 4.78 is 54.3. The standard InChI is InChI=1S/C32H33ClF2N6O3.C7H12FN.C2H3N/c1-19-17-39(18-20(2)44-19)11-5-8-25(42)40-12-14-41(15-13-40)31-23-16-36-29(28(35)30(23)37-32(38-31)43-3)22-7-4-6-21-9-10-24(34)27(33)26(21)22;8-6-4-7-2-1-3-9(7)5-6;1-2-3/h4-10,16,19-20H,11-15,17-18H2,1-3H3;6-7H,1-5H2;1H3/b8-5+;;/t19-,20?;;/m0../s1. The second-order valence-electron chi connectivity index (χ2n) is 14.5. The molecular weight excluding hydrogens is 745 g/mol. The minimum atomic E-state index is -0.694. The molecule has 0 radical (unpaired) electrons. The van der Waals surface area contributed by atoms with Gasteiger partial charge in [-0.3, -0.25) is 19.6 Å². The van der Waals surface area contributed by atoms with Crippen LogP contribution < -0.4 is 9.64 Å². The monoisotopic (exact) mass is 792 g/mol. The van der Waals surface area contributed by atoms with Crippen molar-refractivity contribution in [3.63, 3.8) is 0 Å². The van der Waals surface area contributed by atoms with Gasteiger partial charge >= 0.3 is 6.01 Å². The molecule has 0 aliphatic carbocycles. The number of hydrogen-bond acceptors (Lipinski definition) is 10. The number of morpholine rings is 1. The molecule has 4 aromatic rings. The second-order valence-corrected chi connectivity index (χ2v) is 14.9. The molecule has 6 heterocycles. The largest absolute Gasteiger partial charge is 0.467 e. The first-order valence-corrected chi connectivity index (χ1v) is 19.4. The van der Waals surface area contributed by atoms with Crippen molar-refractivity contribution in [3.05, 3.63) is 65.3 Å². The van der Waals surface area contributed by atoms with E-state index in [2.05, 4.69) is 38.6 Å². The van der Waals surface area contributed by atoms with Crippen LogP contribution in [-0.4, -0.2) is 126 Å². The van der Waals surface area contributed by atoms with E-state index in [1.165, 1.54) is 39.1 Å². The lowest BCUT2D eigenvalue weighted by molar-refractivity contribution is -0.126. The van der Waals surface area contributed by atoms with Crippen LogP contribution in [0.5, 0.6) is 6.01 Å². The Morgan fingerprint density at radius 3 is 2.50 bits per heavy atom. The van der Waals surface area contributed by atoms with Gasteiger partial charge < -0.3 is 19.3 Å². The van der Waals surface area contributed by atoms with Crippen molar-refractivity contribution in [1.82, 2.24) is 29.7 Å². The molecule has 2 aromatic carbocycles. The number of fused-ring (bicyclic) bond motifs is 3. The number of pyridine rings is 1. The lowest BCUT2D eigenvalue weighted by atomic mass is 10.0. The summed E-state index contributed by atoms with van der Waals surface area (Å²) in [5, 5.41) is 8.64. The average Bonchev–Trinajstić information content (AvgIpc) is 3.77. The van der Waals surface area contributed by atoms with Gasteiger partial charge in [0, 0.05) is 88.5 Å². The van der Waals surface area contributed by atoms with Gasteiger partial charge in [0.05, 0.1) is 35.8 Å². The predicted molar refractivity (Wildman–Crippen MR) is 212 cm³/mol. The maximum Gasteiger partial charge on any atom is 0.318 e. The predicted octanol–water partition coefficient (Wildman–Crippen LogP) is 6.82. The molecule has 4 atom stereocenters. The maximum atomic E-state index is 16.2. The van der Waals surface area contributed by atoms with E-state index in [0.717, 1.165) is 26.1 Å². The minimum absolute atomic E-state index is 0.00117. The summed E-state index contributed by atoms with van der Waals surface area (Å²) in [5.74, 6) is -0.884. The molecule has 8 rings (SSSR count). The fourth-order valence-electron chi connectivity index (χ4n) is 8.06. The van der Waals surface area contributed by atoms with Crippen LogP contribution in [-0.2, 0) is 9.53 Å². The van der Waals surface area contributed by atoms with Crippen molar-refractivity contribution in [2.45, 2.75) is 64.5 Å². The molecule has 15 heteroatoms. The highest BCUT2D eigenvalue weighted by atomic mass is 35.5. The number of alkyl halides is 1. The number of nitriles is 1. The molecule has 4 saturated heterocycles. The number of anilines is 1. The smallest absolute Gasteiger partial charge is 0.318 e. The van der Waals surface area contributed by atoms with Crippen LogP contribution in [0.25, 0.3) is 32.9 Å². The van der Waals surface area contributed by atoms with Gasteiger partial charge in [-0.1, -0.05) is 41.9 Å². The SMILES string of the molecule is CC#N.COc1nc(N2CCN(C(=O)/C=C/CN3CC(C)O[C@@H](C)C3)CC2)c2cnc(-c3cccc4ccc(F)c(Cl)c34)c(F)c2n1.FC1CC2CCCN2C1. The van der Waals surface area contributed by atoms with Gasteiger partial charge in [-0.05, 0) is 51.1 Å². The summed E-state index contributed by atoms with van der Waals surface area (Å²) in [7, 11) is 1.42. The van der Waals surface area contributed by atoms with E-state index in [9.17, 15) is 13.6 Å². The van der Waals surface area contributed by atoms with Gasteiger partial charge in [0.25, 0.3) is 0 Å². The van der Waals surface area contributed by atoms with Crippen LogP contribution >= 0.6 is 11.6 Å². The van der Waals surface area contributed by atoms with Crippen molar-refractivity contribution >= 4 is 45.0 Å². The van der Waals surface area contributed by atoms with Crippen LogP contribution in [0.4, 0.5) is 19.0 Å². The average molecular weight is 793 g/mol. The first-order chi connectivity index (χ1) is 27.0. The summed E-state index contributed by atoms with van der Waals surface area (Å²) in [5.41, 5.74) is 0.364. The molecule has 4 aliphatic heterocycles. The van der Waals surface area contributed by atoms with E-state index in [0.29, 0.717) is 72.9 Å². The van der Waals surface area contributed by atoms with E-state index in [4.69, 9.17) is 26.3 Å². The number of halogens is 4. The van der Waals surface area contributed by atoms with Crippen molar-refractivity contribution in [1.29, 1.82) is 5.26 Å². The number of piperazine rings is 1. The zero-order chi connectivity index (χ0) is 39.9. The molecule has 2 aromatic heterocycles. The normalized spacial score (nSPS) is 22.7. The summed E-state index contributed by atoms with van der Waals surface area (Å²) in [6.07, 6.45) is 8.21. The van der Waals surface area contributed by atoms with Gasteiger partial charge in [0.15, 0.2) is 5.82 Å². The summed E-state index contributed by atoms with van der Waals surface area (Å²) in [6, 6.07) is 10.4. The van der Waals surface area contributed by atoms with Gasteiger partial charge in [-0.15, -0.1) is 0 Å². The van der Waals surface area contributed by atoms with Crippen molar-refractivity contribution < 1.29 is 27.4 Å². The van der Waals surface area contributed by atoms with Gasteiger partial charge in [-0.2, -0.15) is 15.2 Å². The van der Waals surface area contributed by atoms with E-state index < -0.39 is 17.8 Å². The van der Waals surface area contributed by atoms with E-state index in [1.807, 2.05) is 11.0 Å². The maximum absolute atomic E-state index is 16.2. The highest BCUT2D eigenvalue weighted by molar-refractivity contribution is 6.36. The van der Waals surface area contributed by atoms with Gasteiger partial charge in [0.1, 0.15) is 29.0 Å². The molecule has 0 saturated carbocycles. The second kappa shape index (κ2) is 18.6. The Bertz CT molecular complexity index is 2070. The highest BCUT2D eigenvalue weighted by Crippen LogP contribution is 2.38. The molecule has 11 nitrogen and oxygen atoms in total. The van der Waals surface area contributed by atoms with Crippen LogP contribution in [0, 0.1) is 23.0 Å². The number of amides is 1. The molecular formula is C41H48ClF3N8O3. The third-order valence-corrected chi connectivity index (χ3v) is 10.9. The Labute approximate surface area is 330 Å². The third-order valence-electron chi connectivity index (χ3n) is 10.5. The summed E-state index contributed by atoms with van der Waals surface area (Å²) in [4.78, 5) is 34.5. The topological polar surface area (TPSA) is 111 Å². The number of methoxy groups -OCH3 is 1. The molecule has 0 N–H and O–H groups in total. The Morgan fingerprint density at radius 1 is 1.07 bits per heavy atom. The Hall–Kier alpha value is -4.55. The quantitative estimate of drug-likeness (QED) is 0.193. The number of rotatable bonds is 6. The molecule has 3 unspecified atom stereocenters. The Kier molecular flexibility index (Phi) is 13.6. The van der Waals surface area contributed by atoms with Gasteiger partial charge in [0.2, 0.25) is 5.91 Å². The minimum Gasteiger partial charge on any atom is -0.467 e. The third kappa shape index (κ3) is 9.35. The lowest BCUT2D eigenvalue weighted by Crippen LogP contribution is -2.48. The number of carbonyl (C=O) groups excluding carboxylic acids is 1. The van der Waals surface area contributed by atoms with Crippen LogP contribution in [0.3, 0.4) is 0 Å². The zero-order valence-electron chi connectivity index (χ0n) is 32.2. The first-order valence-electron chi connectivity index (χ1n) is 19.1. The molecule has 4 fully saturated rings. The Balaban J connectivity index is 0.000000378. The number of nitrogens with zero attached hydrogens (tertiary/aromatic N) is 8. The first kappa shape index (κ1) is 41.1. The molecule has 1 amide bonds. The van der Waals surface area contributed by atoms with Crippen LogP contribution in [0.2, 0.25) is 5.02 Å². The molecule has 56 heavy (non-hydrogen) atoms. The van der Waals surface area contributed by atoms with Crippen LogP contribution in [0.15, 0.2) is 48.7 Å². The molecule has 0 spiro atoms. The van der Waals surface area contributed by atoms with Gasteiger partial charge in [-0.25, -0.2) is 13.2 Å². The Morgan fingerprint density at radius 2 is 1.80 bits per heavy atom. The lowest BCUT2D eigenvalue weighted by Gasteiger charge is -2.35. The number of carbonyl (C=O) groups is 1. The fraction of sp³-hybridized carbons (Fsp3) is 0.488. The van der Waals surface area contributed by atoms with E-state index >= 15 is 4.39 Å². The van der Waals surface area contributed by atoms with Crippen LogP contribution in [0.1, 0.15) is 40.0 Å². The molecule has 4 aliphatic rings. The molecule has 0 bridgehead atoms. The van der Waals surface area contributed by atoms with E-state index in [1.54, 1.807) is 41.3 Å². The van der Waals surface area contributed by atoms with Crippen molar-refractivity contribution in [3.8, 4) is 23.3 Å². The molecule has 298 valence electrons.